The number of nitrogens with one attached hydrogen (secondary N) is 1. The van der Waals surface area contributed by atoms with Gasteiger partial charge in [-0.15, -0.1) is 0 Å². The number of carbonyl (C=O) groups excluding carboxylic acids is 2. The Bertz CT molecular complexity index is 1130. The molecule has 6 heteroatoms. The van der Waals surface area contributed by atoms with Gasteiger partial charge in [0.2, 0.25) is 0 Å². The minimum absolute atomic E-state index is 0.260. The Morgan fingerprint density at radius 1 is 0.967 bits per heavy atom. The van der Waals surface area contributed by atoms with Gasteiger partial charge < -0.3 is 14.6 Å². The first-order valence-corrected chi connectivity index (χ1v) is 9.84. The summed E-state index contributed by atoms with van der Waals surface area (Å²) in [6.45, 7) is 6.58. The quantitative estimate of drug-likeness (QED) is 0.502. The Morgan fingerprint density at radius 2 is 1.67 bits per heavy atom. The predicted molar refractivity (Wildman–Crippen MR) is 117 cm³/mol. The van der Waals surface area contributed by atoms with E-state index in [0.29, 0.717) is 12.3 Å². The van der Waals surface area contributed by atoms with Gasteiger partial charge in [0, 0.05) is 17.1 Å². The lowest BCUT2D eigenvalue weighted by molar-refractivity contribution is -0.113. The van der Waals surface area contributed by atoms with Crippen molar-refractivity contribution in [3.05, 3.63) is 83.3 Å². The molecule has 30 heavy (non-hydrogen) atoms. The molecule has 0 aliphatic carbocycles. The van der Waals surface area contributed by atoms with Crippen LogP contribution in [0.25, 0.3) is 11.8 Å². The summed E-state index contributed by atoms with van der Waals surface area (Å²) in [5.41, 5.74) is 4.69. The number of amides is 3. The molecule has 1 aliphatic heterocycles. The van der Waals surface area contributed by atoms with E-state index in [-0.39, 0.29) is 11.6 Å². The molecule has 0 atom stereocenters. The Kier molecular flexibility index (Phi) is 5.14. The molecule has 0 radical (unpaired) electrons. The van der Waals surface area contributed by atoms with Crippen molar-refractivity contribution in [2.45, 2.75) is 20.8 Å². The monoisotopic (exact) mass is 401 g/mol. The maximum Gasteiger partial charge on any atom is 0.333 e. The fourth-order valence-electron chi connectivity index (χ4n) is 3.69. The van der Waals surface area contributed by atoms with E-state index >= 15 is 0 Å². The number of nitrogens with zero attached hydrogens (tertiary/aromatic N) is 2. The van der Waals surface area contributed by atoms with Crippen LogP contribution in [0.1, 0.15) is 23.9 Å². The van der Waals surface area contributed by atoms with E-state index in [4.69, 9.17) is 4.74 Å². The molecule has 1 aromatic heterocycles. The average molecular weight is 401 g/mol. The Morgan fingerprint density at radius 3 is 2.33 bits per heavy atom. The zero-order chi connectivity index (χ0) is 21.3. The number of ether oxygens (including phenoxy) is 1. The highest BCUT2D eigenvalue weighted by atomic mass is 16.5. The molecule has 3 amide bonds. The Balaban J connectivity index is 1.66. The molecule has 0 unspecified atom stereocenters. The lowest BCUT2D eigenvalue weighted by Crippen LogP contribution is -2.30. The molecule has 152 valence electrons. The van der Waals surface area contributed by atoms with E-state index < -0.39 is 6.03 Å². The summed E-state index contributed by atoms with van der Waals surface area (Å²) in [7, 11) is 0. The molecule has 4 rings (SSSR count). The van der Waals surface area contributed by atoms with Crippen molar-refractivity contribution in [3.63, 3.8) is 0 Å². The highest BCUT2D eigenvalue weighted by Gasteiger charge is 2.34. The number of hydrogen-bond donors (Lipinski definition) is 1. The number of aryl methyl sites for hydroxylation is 1. The molecule has 0 bridgehead atoms. The van der Waals surface area contributed by atoms with Crippen molar-refractivity contribution in [1.82, 2.24) is 9.88 Å². The molecule has 1 saturated heterocycles. The van der Waals surface area contributed by atoms with Crippen molar-refractivity contribution in [2.24, 2.45) is 0 Å². The summed E-state index contributed by atoms with van der Waals surface area (Å²) < 4.78 is 7.63. The molecule has 1 fully saturated rings. The van der Waals surface area contributed by atoms with Gasteiger partial charge in [0.15, 0.2) is 0 Å². The van der Waals surface area contributed by atoms with Crippen LogP contribution in [0.15, 0.2) is 66.4 Å². The van der Waals surface area contributed by atoms with E-state index in [0.717, 1.165) is 33.3 Å². The van der Waals surface area contributed by atoms with Crippen LogP contribution in [0.2, 0.25) is 0 Å². The van der Waals surface area contributed by atoms with Gasteiger partial charge in [-0.3, -0.25) is 4.79 Å². The van der Waals surface area contributed by atoms with Gasteiger partial charge in [-0.25, -0.2) is 9.69 Å². The number of para-hydroxylation sites is 1. The van der Waals surface area contributed by atoms with E-state index in [2.05, 4.69) is 9.88 Å². The lowest BCUT2D eigenvalue weighted by atomic mass is 10.2. The second-order valence-electron chi connectivity index (χ2n) is 7.05. The minimum atomic E-state index is -0.447. The van der Waals surface area contributed by atoms with Crippen molar-refractivity contribution in [3.8, 4) is 11.4 Å². The fraction of sp³-hybridized carbons (Fsp3) is 0.167. The highest BCUT2D eigenvalue weighted by Crippen LogP contribution is 2.26. The molecule has 0 saturated carbocycles. The number of aromatic nitrogens is 1. The molecule has 6 nitrogen and oxygen atoms in total. The molecular formula is C24H23N3O3. The predicted octanol–water partition coefficient (Wildman–Crippen LogP) is 4.59. The third-order valence-corrected chi connectivity index (χ3v) is 5.07. The molecule has 1 N–H and O–H groups in total. The number of rotatable bonds is 5. The Hall–Kier alpha value is -3.80. The number of anilines is 1. The van der Waals surface area contributed by atoms with Gasteiger partial charge in [-0.05, 0) is 74.9 Å². The highest BCUT2D eigenvalue weighted by molar-refractivity contribution is 6.28. The largest absolute Gasteiger partial charge is 0.494 e. The standard InChI is InChI=1S/C24H23N3O3/c1-4-30-21-12-10-20(11-13-21)26-16(2)14-18(17(26)3)15-22-23(28)27(24(29)25-22)19-8-6-5-7-9-19/h5-15H,4H2,1-3H3,(H,25,29)/b22-15+. The van der Waals surface area contributed by atoms with Crippen LogP contribution in [0.3, 0.4) is 0 Å². The van der Waals surface area contributed by atoms with Gasteiger partial charge in [0.05, 0.1) is 12.3 Å². The molecule has 0 spiro atoms. The fourth-order valence-corrected chi connectivity index (χ4v) is 3.69. The van der Waals surface area contributed by atoms with Crippen LogP contribution >= 0.6 is 0 Å². The smallest absolute Gasteiger partial charge is 0.333 e. The average Bonchev–Trinajstić information content (AvgIpc) is 3.18. The van der Waals surface area contributed by atoms with Gasteiger partial charge in [-0.1, -0.05) is 18.2 Å². The van der Waals surface area contributed by atoms with Crippen molar-refractivity contribution in [2.75, 3.05) is 11.5 Å². The second-order valence-corrected chi connectivity index (χ2v) is 7.05. The number of imide groups is 1. The van der Waals surface area contributed by atoms with Gasteiger partial charge >= 0.3 is 6.03 Å². The van der Waals surface area contributed by atoms with E-state index in [1.165, 1.54) is 0 Å². The van der Waals surface area contributed by atoms with Gasteiger partial charge in [0.1, 0.15) is 11.4 Å². The maximum absolute atomic E-state index is 12.8. The van der Waals surface area contributed by atoms with Crippen LogP contribution in [0, 0.1) is 13.8 Å². The van der Waals surface area contributed by atoms with Crippen LogP contribution in [-0.4, -0.2) is 23.1 Å². The zero-order valence-corrected chi connectivity index (χ0v) is 17.2. The third kappa shape index (κ3) is 3.48. The second kappa shape index (κ2) is 7.91. The molecule has 2 heterocycles. The number of hydrogen-bond acceptors (Lipinski definition) is 3. The molecule has 2 aromatic carbocycles. The number of urea groups is 1. The van der Waals surface area contributed by atoms with E-state index in [9.17, 15) is 9.59 Å². The summed E-state index contributed by atoms with van der Waals surface area (Å²) >= 11 is 0. The zero-order valence-electron chi connectivity index (χ0n) is 17.2. The van der Waals surface area contributed by atoms with Crippen molar-refractivity contribution >= 4 is 23.7 Å². The third-order valence-electron chi connectivity index (χ3n) is 5.07. The Labute approximate surface area is 175 Å². The van der Waals surface area contributed by atoms with Crippen LogP contribution in [-0.2, 0) is 4.79 Å². The van der Waals surface area contributed by atoms with E-state index in [1.807, 2.05) is 57.2 Å². The van der Waals surface area contributed by atoms with Gasteiger partial charge in [-0.2, -0.15) is 0 Å². The summed E-state index contributed by atoms with van der Waals surface area (Å²) in [6, 6.07) is 18.3. The van der Waals surface area contributed by atoms with E-state index in [1.54, 1.807) is 30.3 Å². The first-order chi connectivity index (χ1) is 14.5. The first-order valence-electron chi connectivity index (χ1n) is 9.84. The molecule has 1 aliphatic rings. The lowest BCUT2D eigenvalue weighted by Gasteiger charge is -2.11. The van der Waals surface area contributed by atoms with Crippen molar-refractivity contribution in [1.29, 1.82) is 0 Å². The summed E-state index contributed by atoms with van der Waals surface area (Å²) in [4.78, 5) is 26.4. The van der Waals surface area contributed by atoms with Crippen LogP contribution < -0.4 is 15.0 Å². The molecular weight excluding hydrogens is 378 g/mol. The van der Waals surface area contributed by atoms with Crippen LogP contribution in [0.5, 0.6) is 5.75 Å². The maximum atomic E-state index is 12.8. The summed E-state index contributed by atoms with van der Waals surface area (Å²) in [5.74, 6) is 0.461. The topological polar surface area (TPSA) is 63.6 Å². The normalized spacial score (nSPS) is 15.0. The molecule has 3 aromatic rings. The summed E-state index contributed by atoms with van der Waals surface area (Å²) in [6.07, 6.45) is 1.73. The number of carbonyl (C=O) groups is 2. The first kappa shape index (κ1) is 19.5. The number of benzene rings is 2. The van der Waals surface area contributed by atoms with Crippen LogP contribution in [0.4, 0.5) is 10.5 Å². The SMILES string of the molecule is CCOc1ccc(-n2c(C)cc(/C=C3/NC(=O)N(c4ccccc4)C3=O)c2C)cc1. The minimum Gasteiger partial charge on any atom is -0.494 e. The summed E-state index contributed by atoms with van der Waals surface area (Å²) in [5, 5.41) is 2.69. The van der Waals surface area contributed by atoms with Crippen molar-refractivity contribution < 1.29 is 14.3 Å². The van der Waals surface area contributed by atoms with Gasteiger partial charge in [0.25, 0.3) is 5.91 Å².